The lowest BCUT2D eigenvalue weighted by atomic mass is 10.2. The van der Waals surface area contributed by atoms with Crippen LogP contribution in [0.1, 0.15) is 6.42 Å². The van der Waals surface area contributed by atoms with Crippen LogP contribution in [-0.4, -0.2) is 32.1 Å². The number of nitrogens with two attached hydrogens (primary N) is 1. The van der Waals surface area contributed by atoms with Crippen LogP contribution < -0.4 is 11.1 Å². The van der Waals surface area contributed by atoms with Gasteiger partial charge in [0.05, 0.1) is 0 Å². The molecule has 1 rings (SSSR count). The van der Waals surface area contributed by atoms with Crippen LogP contribution in [0, 0.1) is 0 Å². The van der Waals surface area contributed by atoms with Crippen LogP contribution in [0.5, 0.6) is 0 Å². The zero-order chi connectivity index (χ0) is 7.56. The van der Waals surface area contributed by atoms with Crippen molar-refractivity contribution in [2.45, 2.75) is 6.42 Å². The van der Waals surface area contributed by atoms with E-state index >= 15 is 0 Å². The fraction of sp³-hybridized carbons (Fsp3) is 0.714. The normalized spacial score (nSPS) is 21.4. The molecule has 0 aliphatic carbocycles. The van der Waals surface area contributed by atoms with E-state index in [9.17, 15) is 0 Å². The molecule has 0 aromatic heterocycles. The molecule has 0 fully saturated rings. The van der Waals surface area contributed by atoms with Gasteiger partial charge in [-0.1, -0.05) is 0 Å². The average Bonchev–Trinajstić information content (AvgIpc) is 1.94. The molecule has 3 heteroatoms. The predicted octanol–water partition coefficient (Wildman–Crippen LogP) is -0.288. The highest BCUT2D eigenvalue weighted by Gasteiger charge is 2.11. The number of hydrogen-bond donors (Lipinski definition) is 2. The molecule has 3 nitrogen and oxygen atoms in total. The molecule has 0 radical (unpaired) electrons. The summed E-state index contributed by atoms with van der Waals surface area (Å²) in [6.45, 7) is 2.04. The minimum atomic E-state index is 0.961. The maximum Gasteiger partial charge on any atom is 0.0438 e. The molecule has 0 aromatic rings. The molecule has 1 aliphatic heterocycles. The van der Waals surface area contributed by atoms with Crippen molar-refractivity contribution in [1.29, 1.82) is 0 Å². The van der Waals surface area contributed by atoms with Gasteiger partial charge in [-0.2, -0.15) is 0 Å². The number of nitrogens with zero attached hydrogens (tertiary/aromatic N) is 1. The van der Waals surface area contributed by atoms with Gasteiger partial charge in [-0.15, -0.1) is 0 Å². The van der Waals surface area contributed by atoms with Crippen molar-refractivity contribution in [1.82, 2.24) is 10.2 Å². The Morgan fingerprint density at radius 1 is 1.60 bits per heavy atom. The van der Waals surface area contributed by atoms with Crippen molar-refractivity contribution in [3.63, 3.8) is 0 Å². The van der Waals surface area contributed by atoms with Gasteiger partial charge in [0.15, 0.2) is 0 Å². The fourth-order valence-corrected chi connectivity index (χ4v) is 1.15. The van der Waals surface area contributed by atoms with E-state index in [4.69, 9.17) is 5.73 Å². The van der Waals surface area contributed by atoms with Crippen LogP contribution >= 0.6 is 0 Å². The molecule has 0 bridgehead atoms. The van der Waals surface area contributed by atoms with Crippen molar-refractivity contribution >= 4 is 0 Å². The largest absolute Gasteiger partial charge is 0.401 e. The molecule has 58 valence electrons. The van der Waals surface area contributed by atoms with Gasteiger partial charge in [-0.05, 0) is 7.05 Å². The summed E-state index contributed by atoms with van der Waals surface area (Å²) in [5.41, 5.74) is 7.93. The smallest absolute Gasteiger partial charge is 0.0438 e. The van der Waals surface area contributed by atoms with Crippen LogP contribution in [-0.2, 0) is 0 Å². The van der Waals surface area contributed by atoms with Gasteiger partial charge < -0.3 is 16.0 Å². The van der Waals surface area contributed by atoms with Gasteiger partial charge in [0.2, 0.25) is 0 Å². The maximum atomic E-state index is 5.74. The van der Waals surface area contributed by atoms with Gasteiger partial charge in [0.1, 0.15) is 0 Å². The molecule has 1 heterocycles. The first-order valence-electron chi connectivity index (χ1n) is 3.58. The van der Waals surface area contributed by atoms with Crippen LogP contribution in [0.25, 0.3) is 0 Å². The van der Waals surface area contributed by atoms with E-state index in [2.05, 4.69) is 17.3 Å². The summed E-state index contributed by atoms with van der Waals surface area (Å²) >= 11 is 0. The van der Waals surface area contributed by atoms with Gasteiger partial charge >= 0.3 is 0 Å². The Bertz CT molecular complexity index is 151. The summed E-state index contributed by atoms with van der Waals surface area (Å²) in [4.78, 5) is 2.25. The number of hydrogen-bond acceptors (Lipinski definition) is 3. The van der Waals surface area contributed by atoms with Crippen molar-refractivity contribution in [2.24, 2.45) is 5.73 Å². The molecule has 0 saturated heterocycles. The first-order valence-corrected chi connectivity index (χ1v) is 3.58. The molecule has 1 aliphatic rings. The molecule has 3 N–H and O–H groups in total. The number of likely N-dealkylation sites (N-methyl/N-ethyl adjacent to an activating group) is 2. The highest BCUT2D eigenvalue weighted by molar-refractivity contribution is 5.13. The Hall–Kier alpha value is -0.700. The summed E-state index contributed by atoms with van der Waals surface area (Å²) in [6.07, 6.45) is 0.993. The Kier molecular flexibility index (Phi) is 2.17. The molecule has 0 spiro atoms. The number of rotatable bonds is 1. The van der Waals surface area contributed by atoms with Gasteiger partial charge in [0, 0.05) is 38.0 Å². The first-order chi connectivity index (χ1) is 4.74. The predicted molar refractivity (Wildman–Crippen MR) is 42.4 cm³/mol. The summed E-state index contributed by atoms with van der Waals surface area (Å²) in [5.74, 6) is 0. The van der Waals surface area contributed by atoms with Crippen molar-refractivity contribution < 1.29 is 0 Å². The van der Waals surface area contributed by atoms with E-state index in [-0.39, 0.29) is 0 Å². The molecule has 0 amide bonds. The monoisotopic (exact) mass is 141 g/mol. The lowest BCUT2D eigenvalue weighted by Gasteiger charge is -2.25. The van der Waals surface area contributed by atoms with Crippen LogP contribution in [0.3, 0.4) is 0 Å². The number of nitrogens with one attached hydrogen (secondary N) is 1. The topological polar surface area (TPSA) is 41.3 Å². The molecule has 0 saturated carbocycles. The Balaban J connectivity index is 2.62. The standard InChI is InChI=1S/C7H15N3/c1-9-7-5-10(2)4-3-6(7)8/h9H,3-5,8H2,1-2H3. The SMILES string of the molecule is CNC1=C(N)CCN(C)C1. The fourth-order valence-electron chi connectivity index (χ4n) is 1.15. The lowest BCUT2D eigenvalue weighted by Crippen LogP contribution is -2.34. The van der Waals surface area contributed by atoms with Crippen LogP contribution in [0.4, 0.5) is 0 Å². The average molecular weight is 141 g/mol. The summed E-state index contributed by atoms with van der Waals surface area (Å²) in [5, 5.41) is 3.10. The van der Waals surface area contributed by atoms with E-state index in [1.807, 2.05) is 7.05 Å². The van der Waals surface area contributed by atoms with Crippen molar-refractivity contribution in [3.05, 3.63) is 11.4 Å². The second-order valence-corrected chi connectivity index (χ2v) is 2.74. The molecule has 10 heavy (non-hydrogen) atoms. The molecule has 0 atom stereocenters. The van der Waals surface area contributed by atoms with E-state index in [1.165, 1.54) is 5.70 Å². The first kappa shape index (κ1) is 7.41. The maximum absolute atomic E-state index is 5.74. The summed E-state index contributed by atoms with van der Waals surface area (Å²) in [7, 11) is 4.02. The second-order valence-electron chi connectivity index (χ2n) is 2.74. The second kappa shape index (κ2) is 2.92. The highest BCUT2D eigenvalue weighted by atomic mass is 15.1. The summed E-state index contributed by atoms with van der Waals surface area (Å²) in [6, 6.07) is 0. The Morgan fingerprint density at radius 3 is 2.80 bits per heavy atom. The van der Waals surface area contributed by atoms with E-state index < -0.39 is 0 Å². The molecular formula is C7H15N3. The van der Waals surface area contributed by atoms with Crippen LogP contribution in [0.15, 0.2) is 11.4 Å². The van der Waals surface area contributed by atoms with Crippen LogP contribution in [0.2, 0.25) is 0 Å². The zero-order valence-corrected chi connectivity index (χ0v) is 6.65. The third kappa shape index (κ3) is 1.42. The molecular weight excluding hydrogens is 126 g/mol. The van der Waals surface area contributed by atoms with E-state index in [0.717, 1.165) is 25.2 Å². The third-order valence-corrected chi connectivity index (χ3v) is 1.88. The van der Waals surface area contributed by atoms with Gasteiger partial charge in [-0.25, -0.2) is 0 Å². The van der Waals surface area contributed by atoms with Gasteiger partial charge in [-0.3, -0.25) is 0 Å². The molecule has 0 unspecified atom stereocenters. The Morgan fingerprint density at radius 2 is 2.30 bits per heavy atom. The van der Waals surface area contributed by atoms with E-state index in [1.54, 1.807) is 0 Å². The minimum Gasteiger partial charge on any atom is -0.401 e. The third-order valence-electron chi connectivity index (χ3n) is 1.88. The van der Waals surface area contributed by atoms with E-state index in [0.29, 0.717) is 0 Å². The minimum absolute atomic E-state index is 0.961. The van der Waals surface area contributed by atoms with Crippen molar-refractivity contribution in [3.8, 4) is 0 Å². The quantitative estimate of drug-likeness (QED) is 0.527. The lowest BCUT2D eigenvalue weighted by molar-refractivity contribution is 0.339. The zero-order valence-electron chi connectivity index (χ0n) is 6.65. The Labute approximate surface area is 61.9 Å². The van der Waals surface area contributed by atoms with Crippen molar-refractivity contribution in [2.75, 3.05) is 27.2 Å². The van der Waals surface area contributed by atoms with Gasteiger partial charge in [0.25, 0.3) is 0 Å². The molecule has 0 aromatic carbocycles. The summed E-state index contributed by atoms with van der Waals surface area (Å²) < 4.78 is 0. The highest BCUT2D eigenvalue weighted by Crippen LogP contribution is 2.08.